The Morgan fingerprint density at radius 3 is 2.17 bits per heavy atom. The van der Waals surface area contributed by atoms with Gasteiger partial charge >= 0.3 is 0 Å². The molecule has 3 rings (SSSR count). The van der Waals surface area contributed by atoms with Gasteiger partial charge in [0.1, 0.15) is 18.1 Å². The highest BCUT2D eigenvalue weighted by atomic mass is 16.5. The van der Waals surface area contributed by atoms with Gasteiger partial charge in [-0.25, -0.2) is 9.97 Å². The van der Waals surface area contributed by atoms with Gasteiger partial charge in [-0.05, 0) is 37.3 Å². The fraction of sp³-hybridized carbons (Fsp3) is 0.444. The summed E-state index contributed by atoms with van der Waals surface area (Å²) < 4.78 is 11.2. The van der Waals surface area contributed by atoms with Crippen molar-refractivity contribution >= 4 is 5.95 Å². The number of benzene rings is 1. The van der Waals surface area contributed by atoms with Crippen molar-refractivity contribution in [1.82, 2.24) is 14.9 Å². The fourth-order valence-electron chi connectivity index (χ4n) is 2.72. The number of ether oxygens (including phenoxy) is 2. The first-order chi connectivity index (χ1) is 11.8. The molecule has 1 aromatic carbocycles. The summed E-state index contributed by atoms with van der Waals surface area (Å²) in [6, 6.07) is 9.64. The van der Waals surface area contributed by atoms with Crippen molar-refractivity contribution in [1.29, 1.82) is 0 Å². The Kier molecular flexibility index (Phi) is 5.85. The molecule has 1 aromatic heterocycles. The minimum absolute atomic E-state index is 0.681. The molecule has 1 aliphatic heterocycles. The zero-order chi connectivity index (χ0) is 16.6. The number of nitrogens with zero attached hydrogens (tertiary/aromatic N) is 4. The Labute approximate surface area is 143 Å². The molecule has 2 heterocycles. The molecule has 0 atom stereocenters. The van der Waals surface area contributed by atoms with Crippen molar-refractivity contribution in [2.24, 2.45) is 0 Å². The normalized spacial score (nSPS) is 15.3. The van der Waals surface area contributed by atoms with E-state index >= 15 is 0 Å². The van der Waals surface area contributed by atoms with Gasteiger partial charge in [-0.3, -0.25) is 4.90 Å². The minimum atomic E-state index is 0.681. The SMILES string of the molecule is CCOc1ccc(OCCN2CCN(c3ncccn3)CC2)cc1. The van der Waals surface area contributed by atoms with Crippen molar-refractivity contribution < 1.29 is 9.47 Å². The van der Waals surface area contributed by atoms with Crippen molar-refractivity contribution in [3.05, 3.63) is 42.7 Å². The van der Waals surface area contributed by atoms with Gasteiger partial charge in [0, 0.05) is 45.1 Å². The molecular formula is C18H24N4O2. The van der Waals surface area contributed by atoms with Crippen LogP contribution in [-0.2, 0) is 0 Å². The Morgan fingerprint density at radius 1 is 0.917 bits per heavy atom. The van der Waals surface area contributed by atoms with Crippen LogP contribution < -0.4 is 14.4 Å². The highest BCUT2D eigenvalue weighted by molar-refractivity contribution is 5.31. The maximum Gasteiger partial charge on any atom is 0.225 e. The molecule has 0 amide bonds. The topological polar surface area (TPSA) is 50.7 Å². The van der Waals surface area contributed by atoms with Crippen LogP contribution in [-0.4, -0.2) is 60.8 Å². The molecule has 0 N–H and O–H groups in total. The second-order valence-electron chi connectivity index (χ2n) is 5.63. The van der Waals surface area contributed by atoms with Crippen molar-refractivity contribution in [3.8, 4) is 11.5 Å². The Hall–Kier alpha value is -2.34. The van der Waals surface area contributed by atoms with Gasteiger partial charge in [0.2, 0.25) is 5.95 Å². The second kappa shape index (κ2) is 8.49. The first kappa shape index (κ1) is 16.5. The number of aromatic nitrogens is 2. The highest BCUT2D eigenvalue weighted by Crippen LogP contribution is 2.17. The van der Waals surface area contributed by atoms with Gasteiger partial charge in [0.25, 0.3) is 0 Å². The number of hydrogen-bond donors (Lipinski definition) is 0. The Bertz CT molecular complexity index is 598. The summed E-state index contributed by atoms with van der Waals surface area (Å²) in [5.41, 5.74) is 0. The van der Waals surface area contributed by atoms with E-state index in [1.165, 1.54) is 0 Å². The zero-order valence-corrected chi connectivity index (χ0v) is 14.1. The summed E-state index contributed by atoms with van der Waals surface area (Å²) in [6.45, 7) is 8.19. The summed E-state index contributed by atoms with van der Waals surface area (Å²) in [5, 5.41) is 0. The Balaban J connectivity index is 1.37. The van der Waals surface area contributed by atoms with Gasteiger partial charge in [0.05, 0.1) is 6.61 Å². The van der Waals surface area contributed by atoms with Crippen molar-refractivity contribution in [2.45, 2.75) is 6.92 Å². The van der Waals surface area contributed by atoms with E-state index in [-0.39, 0.29) is 0 Å². The molecule has 6 nitrogen and oxygen atoms in total. The van der Waals surface area contributed by atoms with E-state index in [9.17, 15) is 0 Å². The largest absolute Gasteiger partial charge is 0.494 e. The van der Waals surface area contributed by atoms with Crippen LogP contribution in [0.4, 0.5) is 5.95 Å². The third kappa shape index (κ3) is 4.58. The molecule has 0 saturated carbocycles. The highest BCUT2D eigenvalue weighted by Gasteiger charge is 2.18. The molecule has 0 radical (unpaired) electrons. The van der Waals surface area contributed by atoms with E-state index in [4.69, 9.17) is 9.47 Å². The van der Waals surface area contributed by atoms with E-state index in [1.807, 2.05) is 37.3 Å². The van der Waals surface area contributed by atoms with Crippen LogP contribution in [0, 0.1) is 0 Å². The van der Waals surface area contributed by atoms with Gasteiger partial charge in [-0.15, -0.1) is 0 Å². The van der Waals surface area contributed by atoms with E-state index in [0.717, 1.165) is 50.2 Å². The third-order valence-corrected chi connectivity index (χ3v) is 4.02. The van der Waals surface area contributed by atoms with Crippen LogP contribution in [0.25, 0.3) is 0 Å². The van der Waals surface area contributed by atoms with Gasteiger partial charge < -0.3 is 14.4 Å². The van der Waals surface area contributed by atoms with Crippen LogP contribution in [0.5, 0.6) is 11.5 Å². The van der Waals surface area contributed by atoms with Crippen LogP contribution in [0.1, 0.15) is 6.92 Å². The molecule has 1 fully saturated rings. The van der Waals surface area contributed by atoms with E-state index in [2.05, 4.69) is 19.8 Å². The quantitative estimate of drug-likeness (QED) is 0.776. The number of hydrogen-bond acceptors (Lipinski definition) is 6. The van der Waals surface area contributed by atoms with Crippen LogP contribution in [0.3, 0.4) is 0 Å². The lowest BCUT2D eigenvalue weighted by Crippen LogP contribution is -2.48. The smallest absolute Gasteiger partial charge is 0.225 e. The molecule has 1 saturated heterocycles. The Morgan fingerprint density at radius 2 is 1.54 bits per heavy atom. The average Bonchev–Trinajstić information content (AvgIpc) is 2.65. The number of piperazine rings is 1. The first-order valence-electron chi connectivity index (χ1n) is 8.45. The van der Waals surface area contributed by atoms with E-state index in [0.29, 0.717) is 13.2 Å². The fourth-order valence-corrected chi connectivity index (χ4v) is 2.72. The van der Waals surface area contributed by atoms with Gasteiger partial charge in [0.15, 0.2) is 0 Å². The predicted molar refractivity (Wildman–Crippen MR) is 93.8 cm³/mol. The summed E-state index contributed by atoms with van der Waals surface area (Å²) in [7, 11) is 0. The summed E-state index contributed by atoms with van der Waals surface area (Å²) in [4.78, 5) is 13.3. The maximum atomic E-state index is 5.82. The van der Waals surface area contributed by atoms with Gasteiger partial charge in [-0.2, -0.15) is 0 Å². The van der Waals surface area contributed by atoms with Crippen LogP contribution in [0.2, 0.25) is 0 Å². The molecule has 6 heteroatoms. The summed E-state index contributed by atoms with van der Waals surface area (Å²) in [6.07, 6.45) is 3.58. The second-order valence-corrected chi connectivity index (χ2v) is 5.63. The molecule has 0 spiro atoms. The monoisotopic (exact) mass is 328 g/mol. The maximum absolute atomic E-state index is 5.82. The number of anilines is 1. The first-order valence-corrected chi connectivity index (χ1v) is 8.45. The predicted octanol–water partition coefficient (Wildman–Crippen LogP) is 2.08. The molecular weight excluding hydrogens is 304 g/mol. The van der Waals surface area contributed by atoms with E-state index < -0.39 is 0 Å². The lowest BCUT2D eigenvalue weighted by Gasteiger charge is -2.34. The molecule has 0 bridgehead atoms. The molecule has 2 aromatic rings. The van der Waals surface area contributed by atoms with Crippen LogP contribution in [0.15, 0.2) is 42.7 Å². The minimum Gasteiger partial charge on any atom is -0.494 e. The molecule has 24 heavy (non-hydrogen) atoms. The number of rotatable bonds is 7. The molecule has 0 aliphatic carbocycles. The van der Waals surface area contributed by atoms with Crippen LogP contribution >= 0.6 is 0 Å². The summed E-state index contributed by atoms with van der Waals surface area (Å²) >= 11 is 0. The molecule has 128 valence electrons. The lowest BCUT2D eigenvalue weighted by atomic mass is 10.3. The summed E-state index contributed by atoms with van der Waals surface area (Å²) in [5.74, 6) is 2.58. The van der Waals surface area contributed by atoms with Gasteiger partial charge in [-0.1, -0.05) is 0 Å². The van der Waals surface area contributed by atoms with Crippen molar-refractivity contribution in [3.63, 3.8) is 0 Å². The standard InChI is InChI=1S/C18H24N4O2/c1-2-23-16-4-6-17(7-5-16)24-15-14-21-10-12-22(13-11-21)18-19-8-3-9-20-18/h3-9H,2,10-15H2,1H3. The average molecular weight is 328 g/mol. The molecule has 0 unspecified atom stereocenters. The zero-order valence-electron chi connectivity index (χ0n) is 14.1. The van der Waals surface area contributed by atoms with E-state index in [1.54, 1.807) is 12.4 Å². The molecule has 1 aliphatic rings. The van der Waals surface area contributed by atoms with Crippen molar-refractivity contribution in [2.75, 3.05) is 50.8 Å². The lowest BCUT2D eigenvalue weighted by molar-refractivity contribution is 0.200. The third-order valence-electron chi connectivity index (χ3n) is 4.02.